The predicted octanol–water partition coefficient (Wildman–Crippen LogP) is 1.94. The molecule has 1 N–H and O–H groups in total. The summed E-state index contributed by atoms with van der Waals surface area (Å²) in [5, 5.41) is 2.97. The summed E-state index contributed by atoms with van der Waals surface area (Å²) in [5.41, 5.74) is 0.356. The topological polar surface area (TPSA) is 37.4 Å². The van der Waals surface area contributed by atoms with Crippen LogP contribution in [-0.4, -0.2) is 36.8 Å². The van der Waals surface area contributed by atoms with Crippen LogP contribution in [0.5, 0.6) is 0 Å². The van der Waals surface area contributed by atoms with E-state index in [1.165, 1.54) is 0 Å². The van der Waals surface area contributed by atoms with Crippen molar-refractivity contribution in [1.82, 2.24) is 10.3 Å². The molecule has 4 nitrogen and oxygen atoms in total. The summed E-state index contributed by atoms with van der Waals surface area (Å²) in [6.45, 7) is 7.85. The molecule has 2 rings (SSSR count). The van der Waals surface area contributed by atoms with Crippen molar-refractivity contribution in [2.75, 3.05) is 25.0 Å². The molecule has 2 heterocycles. The number of ether oxygens (including phenoxy) is 1. The fourth-order valence-corrected chi connectivity index (χ4v) is 2.63. The SMILES string of the molecule is CNCc1ccnc(N2CC(C)OC(C)(C)C2)c1F. The maximum atomic E-state index is 14.4. The molecule has 0 spiro atoms. The molecule has 1 aliphatic heterocycles. The van der Waals surface area contributed by atoms with E-state index in [1.54, 1.807) is 19.3 Å². The molecule has 0 saturated carbocycles. The number of hydrogen-bond donors (Lipinski definition) is 1. The van der Waals surface area contributed by atoms with E-state index in [1.807, 2.05) is 25.7 Å². The van der Waals surface area contributed by atoms with Crippen LogP contribution in [0.15, 0.2) is 12.3 Å². The minimum Gasteiger partial charge on any atom is -0.369 e. The second kappa shape index (κ2) is 5.43. The van der Waals surface area contributed by atoms with Crippen molar-refractivity contribution in [3.05, 3.63) is 23.6 Å². The zero-order valence-corrected chi connectivity index (χ0v) is 12.0. The van der Waals surface area contributed by atoms with Gasteiger partial charge in [0.05, 0.1) is 11.7 Å². The number of nitrogens with zero attached hydrogens (tertiary/aromatic N) is 2. The summed E-state index contributed by atoms with van der Waals surface area (Å²) >= 11 is 0. The van der Waals surface area contributed by atoms with Crippen molar-refractivity contribution in [2.45, 2.75) is 39.0 Å². The van der Waals surface area contributed by atoms with Gasteiger partial charge in [-0.15, -0.1) is 0 Å². The van der Waals surface area contributed by atoms with E-state index in [4.69, 9.17) is 4.74 Å². The van der Waals surface area contributed by atoms with Gasteiger partial charge in [0.15, 0.2) is 11.6 Å². The Balaban J connectivity index is 2.28. The lowest BCUT2D eigenvalue weighted by Crippen LogP contribution is -2.52. The summed E-state index contributed by atoms with van der Waals surface area (Å²) in [7, 11) is 1.81. The molecule has 1 atom stereocenters. The maximum Gasteiger partial charge on any atom is 0.170 e. The van der Waals surface area contributed by atoms with E-state index >= 15 is 0 Å². The highest BCUT2D eigenvalue weighted by molar-refractivity contribution is 5.44. The standard InChI is InChI=1S/C14H22FN3O/c1-10-8-18(9-14(2,3)19-10)13-12(15)11(7-16-4)5-6-17-13/h5-6,10,16H,7-9H2,1-4H3. The number of nitrogens with one attached hydrogen (secondary N) is 1. The van der Waals surface area contributed by atoms with E-state index in [9.17, 15) is 4.39 Å². The smallest absolute Gasteiger partial charge is 0.170 e. The number of rotatable bonds is 3. The Hall–Kier alpha value is -1.20. The molecule has 19 heavy (non-hydrogen) atoms. The van der Waals surface area contributed by atoms with Gasteiger partial charge in [-0.25, -0.2) is 9.37 Å². The highest BCUT2D eigenvalue weighted by Gasteiger charge is 2.33. The number of morpholine rings is 1. The van der Waals surface area contributed by atoms with Gasteiger partial charge in [0, 0.05) is 31.4 Å². The van der Waals surface area contributed by atoms with Crippen molar-refractivity contribution in [1.29, 1.82) is 0 Å². The highest BCUT2D eigenvalue weighted by atomic mass is 19.1. The summed E-state index contributed by atoms with van der Waals surface area (Å²) in [5.74, 6) is 0.192. The number of halogens is 1. The van der Waals surface area contributed by atoms with Crippen molar-refractivity contribution >= 4 is 5.82 Å². The Kier molecular flexibility index (Phi) is 4.06. The molecule has 0 aromatic carbocycles. The minimum atomic E-state index is -0.287. The van der Waals surface area contributed by atoms with E-state index in [2.05, 4.69) is 10.3 Å². The molecule has 106 valence electrons. The van der Waals surface area contributed by atoms with Gasteiger partial charge in [-0.2, -0.15) is 0 Å². The number of anilines is 1. The average Bonchev–Trinajstić information content (AvgIpc) is 2.29. The summed E-state index contributed by atoms with van der Waals surface area (Å²) in [6, 6.07) is 1.71. The third-order valence-corrected chi connectivity index (χ3v) is 3.19. The third kappa shape index (κ3) is 3.22. The predicted molar refractivity (Wildman–Crippen MR) is 73.8 cm³/mol. The summed E-state index contributed by atoms with van der Waals surface area (Å²) in [4.78, 5) is 6.19. The van der Waals surface area contributed by atoms with Crippen LogP contribution in [0.3, 0.4) is 0 Å². The molecule has 1 aromatic rings. The average molecular weight is 267 g/mol. The van der Waals surface area contributed by atoms with Gasteiger partial charge in [-0.1, -0.05) is 0 Å². The van der Waals surface area contributed by atoms with Gasteiger partial charge in [0.1, 0.15) is 0 Å². The lowest BCUT2D eigenvalue weighted by atomic mass is 10.1. The zero-order chi connectivity index (χ0) is 14.0. The van der Waals surface area contributed by atoms with Crippen molar-refractivity contribution < 1.29 is 9.13 Å². The minimum absolute atomic E-state index is 0.0675. The molecule has 0 amide bonds. The normalized spacial score (nSPS) is 22.6. The van der Waals surface area contributed by atoms with Crippen molar-refractivity contribution in [3.63, 3.8) is 0 Å². The fraction of sp³-hybridized carbons (Fsp3) is 0.643. The molecule has 0 aliphatic carbocycles. The molecule has 1 aromatic heterocycles. The molecule has 1 aliphatic rings. The first kappa shape index (κ1) is 14.2. The van der Waals surface area contributed by atoms with Crippen molar-refractivity contribution in [2.24, 2.45) is 0 Å². The van der Waals surface area contributed by atoms with E-state index in [0.29, 0.717) is 31.0 Å². The van der Waals surface area contributed by atoms with Crippen LogP contribution in [0.2, 0.25) is 0 Å². The Morgan fingerprint density at radius 2 is 2.32 bits per heavy atom. The molecule has 0 bridgehead atoms. The van der Waals surface area contributed by atoms with Crippen LogP contribution in [0.25, 0.3) is 0 Å². The Morgan fingerprint density at radius 1 is 1.58 bits per heavy atom. The van der Waals surface area contributed by atoms with Crippen LogP contribution >= 0.6 is 0 Å². The molecule has 1 saturated heterocycles. The van der Waals surface area contributed by atoms with Crippen LogP contribution in [0.4, 0.5) is 10.2 Å². The third-order valence-electron chi connectivity index (χ3n) is 3.19. The Bertz CT molecular complexity index is 450. The van der Waals surface area contributed by atoms with Gasteiger partial charge < -0.3 is 15.0 Å². The van der Waals surface area contributed by atoms with Gasteiger partial charge in [0.25, 0.3) is 0 Å². The second-order valence-corrected chi connectivity index (χ2v) is 5.71. The summed E-state index contributed by atoms with van der Waals surface area (Å²) in [6.07, 6.45) is 1.73. The molecule has 1 fully saturated rings. The number of aromatic nitrogens is 1. The van der Waals surface area contributed by atoms with Gasteiger partial charge in [-0.05, 0) is 33.9 Å². The molecule has 0 radical (unpaired) electrons. The van der Waals surface area contributed by atoms with E-state index < -0.39 is 0 Å². The quantitative estimate of drug-likeness (QED) is 0.908. The fourth-order valence-electron chi connectivity index (χ4n) is 2.63. The first-order chi connectivity index (χ1) is 8.93. The van der Waals surface area contributed by atoms with Gasteiger partial charge >= 0.3 is 0 Å². The molecular weight excluding hydrogens is 245 g/mol. The van der Waals surface area contributed by atoms with Crippen LogP contribution < -0.4 is 10.2 Å². The first-order valence-electron chi connectivity index (χ1n) is 6.63. The Labute approximate surface area is 114 Å². The van der Waals surface area contributed by atoms with Crippen LogP contribution in [0, 0.1) is 5.82 Å². The zero-order valence-electron chi connectivity index (χ0n) is 12.0. The second-order valence-electron chi connectivity index (χ2n) is 5.71. The number of pyridine rings is 1. The maximum absolute atomic E-state index is 14.4. The van der Waals surface area contributed by atoms with Gasteiger partial charge in [0.2, 0.25) is 0 Å². The monoisotopic (exact) mass is 267 g/mol. The van der Waals surface area contributed by atoms with Crippen molar-refractivity contribution in [3.8, 4) is 0 Å². The lowest BCUT2D eigenvalue weighted by molar-refractivity contribution is -0.0753. The van der Waals surface area contributed by atoms with E-state index in [0.717, 1.165) is 0 Å². The van der Waals surface area contributed by atoms with Crippen LogP contribution in [-0.2, 0) is 11.3 Å². The first-order valence-corrected chi connectivity index (χ1v) is 6.63. The Morgan fingerprint density at radius 3 is 2.95 bits per heavy atom. The number of hydrogen-bond acceptors (Lipinski definition) is 4. The van der Waals surface area contributed by atoms with Crippen LogP contribution in [0.1, 0.15) is 26.3 Å². The highest BCUT2D eigenvalue weighted by Crippen LogP contribution is 2.27. The lowest BCUT2D eigenvalue weighted by Gasteiger charge is -2.42. The van der Waals surface area contributed by atoms with E-state index in [-0.39, 0.29) is 17.5 Å². The summed E-state index contributed by atoms with van der Waals surface area (Å²) < 4.78 is 20.3. The molecular formula is C14H22FN3O. The van der Waals surface area contributed by atoms with Gasteiger partial charge in [-0.3, -0.25) is 0 Å². The molecule has 5 heteroatoms. The molecule has 1 unspecified atom stereocenters. The largest absolute Gasteiger partial charge is 0.369 e.